The molecule has 180 valence electrons. The van der Waals surface area contributed by atoms with Gasteiger partial charge in [-0.15, -0.1) is 0 Å². The lowest BCUT2D eigenvalue weighted by molar-refractivity contribution is -0.384. The van der Waals surface area contributed by atoms with E-state index in [0.717, 1.165) is 11.1 Å². The summed E-state index contributed by atoms with van der Waals surface area (Å²) in [5.74, 6) is -1.29. The number of nitro benzene ring substituents is 1. The molecular formula is C25H23N3O7. The zero-order valence-corrected chi connectivity index (χ0v) is 18.6. The molecule has 2 N–H and O–H groups in total. The van der Waals surface area contributed by atoms with Crippen LogP contribution in [0, 0.1) is 10.1 Å². The van der Waals surface area contributed by atoms with Crippen molar-refractivity contribution >= 4 is 23.7 Å². The van der Waals surface area contributed by atoms with Gasteiger partial charge >= 0.3 is 12.1 Å². The van der Waals surface area contributed by atoms with Crippen LogP contribution in [0.15, 0.2) is 84.9 Å². The van der Waals surface area contributed by atoms with Crippen molar-refractivity contribution in [1.29, 1.82) is 0 Å². The Morgan fingerprint density at radius 2 is 1.46 bits per heavy atom. The van der Waals surface area contributed by atoms with Crippen molar-refractivity contribution in [3.05, 3.63) is 106 Å². The maximum absolute atomic E-state index is 12.8. The number of carbonyl (C=O) groups excluding carboxylic acids is 3. The number of hydrogen-bond acceptors (Lipinski definition) is 7. The van der Waals surface area contributed by atoms with Gasteiger partial charge in [0.15, 0.2) is 0 Å². The van der Waals surface area contributed by atoms with E-state index in [2.05, 4.69) is 10.6 Å². The van der Waals surface area contributed by atoms with E-state index in [1.165, 1.54) is 24.3 Å². The average molecular weight is 477 g/mol. The van der Waals surface area contributed by atoms with Crippen LogP contribution in [0.4, 0.5) is 10.5 Å². The van der Waals surface area contributed by atoms with Crippen LogP contribution in [0.25, 0.3) is 0 Å². The minimum Gasteiger partial charge on any atom is -0.445 e. The van der Waals surface area contributed by atoms with Gasteiger partial charge in [0.25, 0.3) is 5.69 Å². The lowest BCUT2D eigenvalue weighted by atomic mass is 10.1. The largest absolute Gasteiger partial charge is 0.445 e. The first-order valence-corrected chi connectivity index (χ1v) is 10.6. The summed E-state index contributed by atoms with van der Waals surface area (Å²) >= 11 is 0. The lowest BCUT2D eigenvalue weighted by Crippen LogP contribution is -2.49. The second-order valence-electron chi connectivity index (χ2n) is 7.39. The summed E-state index contributed by atoms with van der Waals surface area (Å²) in [5.41, 5.74) is 1.44. The van der Waals surface area contributed by atoms with Gasteiger partial charge in [0.1, 0.15) is 24.9 Å². The molecular weight excluding hydrogens is 454 g/mol. The molecule has 0 heterocycles. The molecule has 0 saturated heterocycles. The highest BCUT2D eigenvalue weighted by Crippen LogP contribution is 2.17. The number of amides is 2. The molecule has 3 rings (SSSR count). The van der Waals surface area contributed by atoms with Crippen molar-refractivity contribution in [2.24, 2.45) is 0 Å². The normalized spacial score (nSPS) is 11.1. The number of nitrogens with one attached hydrogen (secondary N) is 2. The van der Waals surface area contributed by atoms with E-state index in [1.807, 2.05) is 24.3 Å². The number of nitro groups is 1. The van der Waals surface area contributed by atoms with Crippen LogP contribution in [0.2, 0.25) is 0 Å². The molecule has 10 nitrogen and oxygen atoms in total. The fourth-order valence-corrected chi connectivity index (χ4v) is 3.05. The molecule has 3 aromatic carbocycles. The molecule has 0 radical (unpaired) electrons. The molecule has 0 unspecified atom stereocenters. The van der Waals surface area contributed by atoms with Crippen molar-refractivity contribution < 1.29 is 28.8 Å². The van der Waals surface area contributed by atoms with Gasteiger partial charge in [0.2, 0.25) is 5.91 Å². The zero-order chi connectivity index (χ0) is 25.0. The molecule has 10 heteroatoms. The van der Waals surface area contributed by atoms with Gasteiger partial charge in [0, 0.05) is 18.6 Å². The minimum atomic E-state index is -1.01. The number of nitrogens with zero attached hydrogens (tertiary/aromatic N) is 1. The van der Waals surface area contributed by atoms with Gasteiger partial charge in [-0.1, -0.05) is 60.7 Å². The molecule has 35 heavy (non-hydrogen) atoms. The highest BCUT2D eigenvalue weighted by Gasteiger charge is 2.23. The number of esters is 1. The zero-order valence-electron chi connectivity index (χ0n) is 18.6. The number of carbonyl (C=O) groups is 3. The van der Waals surface area contributed by atoms with Crippen LogP contribution in [0.1, 0.15) is 11.1 Å². The SMILES string of the molecule is O=C(CNC(=O)[C@H](Cc1ccccc1)NC(=O)OCc1ccccc1)Oc1ccc([N+](=O)[O-])cc1. The maximum atomic E-state index is 12.8. The second-order valence-corrected chi connectivity index (χ2v) is 7.39. The summed E-state index contributed by atoms with van der Waals surface area (Å²) in [6.45, 7) is -0.435. The summed E-state index contributed by atoms with van der Waals surface area (Å²) in [4.78, 5) is 47.3. The van der Waals surface area contributed by atoms with Crippen molar-refractivity contribution in [1.82, 2.24) is 10.6 Å². The summed E-state index contributed by atoms with van der Waals surface area (Å²) < 4.78 is 10.3. The monoisotopic (exact) mass is 477 g/mol. The molecule has 0 bridgehead atoms. The second kappa shape index (κ2) is 12.5. The summed E-state index contributed by atoms with van der Waals surface area (Å²) in [6.07, 6.45) is -0.608. The molecule has 0 aliphatic carbocycles. The Balaban J connectivity index is 1.56. The maximum Gasteiger partial charge on any atom is 0.408 e. The number of benzene rings is 3. The lowest BCUT2D eigenvalue weighted by Gasteiger charge is -2.18. The van der Waals surface area contributed by atoms with E-state index in [1.54, 1.807) is 36.4 Å². The molecule has 2 amide bonds. The third kappa shape index (κ3) is 8.28. The Hall–Kier alpha value is -4.73. The number of ether oxygens (including phenoxy) is 2. The standard InChI is InChI=1S/C25H23N3O7/c29-23(35-21-13-11-20(12-14-21)28(32)33)16-26-24(30)22(15-18-7-3-1-4-8-18)27-25(31)34-17-19-9-5-2-6-10-19/h1-14,22H,15-17H2,(H,26,30)(H,27,31)/t22-/m0/s1. The van der Waals surface area contributed by atoms with Crippen molar-refractivity contribution in [2.75, 3.05) is 6.54 Å². The fraction of sp³-hybridized carbons (Fsp3) is 0.160. The first-order valence-electron chi connectivity index (χ1n) is 10.6. The van der Waals surface area contributed by atoms with Crippen LogP contribution < -0.4 is 15.4 Å². The van der Waals surface area contributed by atoms with Gasteiger partial charge in [-0.05, 0) is 23.3 Å². The number of hydrogen-bond donors (Lipinski definition) is 2. The topological polar surface area (TPSA) is 137 Å². The van der Waals surface area contributed by atoms with E-state index in [0.29, 0.717) is 0 Å². The number of alkyl carbamates (subject to hydrolysis) is 1. The van der Waals surface area contributed by atoms with Crippen LogP contribution >= 0.6 is 0 Å². The Labute approximate surface area is 201 Å². The molecule has 0 aromatic heterocycles. The molecule has 0 aliphatic heterocycles. The predicted molar refractivity (Wildman–Crippen MR) is 125 cm³/mol. The van der Waals surface area contributed by atoms with E-state index in [9.17, 15) is 24.5 Å². The van der Waals surface area contributed by atoms with Gasteiger partial charge in [-0.2, -0.15) is 0 Å². The van der Waals surface area contributed by atoms with Crippen LogP contribution in [0.3, 0.4) is 0 Å². The van der Waals surface area contributed by atoms with Crippen molar-refractivity contribution in [3.8, 4) is 5.75 Å². The Kier molecular flexibility index (Phi) is 8.89. The van der Waals surface area contributed by atoms with Crippen molar-refractivity contribution in [3.63, 3.8) is 0 Å². The first-order chi connectivity index (χ1) is 16.9. The molecule has 0 aliphatic rings. The summed E-state index contributed by atoms with van der Waals surface area (Å²) in [5, 5.41) is 15.7. The smallest absolute Gasteiger partial charge is 0.408 e. The van der Waals surface area contributed by atoms with Gasteiger partial charge < -0.3 is 20.1 Å². The average Bonchev–Trinajstić information content (AvgIpc) is 2.87. The molecule has 1 atom stereocenters. The van der Waals surface area contributed by atoms with E-state index < -0.39 is 35.5 Å². The highest BCUT2D eigenvalue weighted by molar-refractivity contribution is 5.88. The Morgan fingerprint density at radius 1 is 0.857 bits per heavy atom. The molecule has 0 fully saturated rings. The van der Waals surface area contributed by atoms with Gasteiger partial charge in [-0.3, -0.25) is 14.9 Å². The highest BCUT2D eigenvalue weighted by atomic mass is 16.6. The summed E-state index contributed by atoms with van der Waals surface area (Å²) in [6, 6.07) is 22.1. The van der Waals surface area contributed by atoms with Crippen molar-refractivity contribution in [2.45, 2.75) is 19.1 Å². The minimum absolute atomic E-state index is 0.0356. The van der Waals surface area contributed by atoms with E-state index in [-0.39, 0.29) is 24.5 Å². The van der Waals surface area contributed by atoms with Crippen LogP contribution in [-0.4, -0.2) is 35.5 Å². The third-order valence-corrected chi connectivity index (χ3v) is 4.79. The Morgan fingerprint density at radius 3 is 2.06 bits per heavy atom. The molecule has 3 aromatic rings. The molecule has 0 spiro atoms. The number of non-ortho nitro benzene ring substituents is 1. The number of rotatable bonds is 10. The van der Waals surface area contributed by atoms with Gasteiger partial charge in [-0.25, -0.2) is 9.59 Å². The predicted octanol–water partition coefficient (Wildman–Crippen LogP) is 3.15. The van der Waals surface area contributed by atoms with E-state index >= 15 is 0 Å². The Bertz CT molecular complexity index is 1150. The van der Waals surface area contributed by atoms with Crippen LogP contribution in [0.5, 0.6) is 5.75 Å². The van der Waals surface area contributed by atoms with Gasteiger partial charge in [0.05, 0.1) is 4.92 Å². The van der Waals surface area contributed by atoms with E-state index in [4.69, 9.17) is 9.47 Å². The van der Waals surface area contributed by atoms with Crippen LogP contribution in [-0.2, 0) is 27.4 Å². The quantitative estimate of drug-likeness (QED) is 0.198. The fourth-order valence-electron chi connectivity index (χ4n) is 3.05. The molecule has 0 saturated carbocycles. The first kappa shape index (κ1) is 24.9. The summed E-state index contributed by atoms with van der Waals surface area (Å²) in [7, 11) is 0. The third-order valence-electron chi connectivity index (χ3n) is 4.79.